The van der Waals surface area contributed by atoms with Crippen LogP contribution < -0.4 is 10.6 Å². The number of tetrazole rings is 1. The van der Waals surface area contributed by atoms with Crippen LogP contribution in [-0.4, -0.2) is 59.3 Å². The van der Waals surface area contributed by atoms with Gasteiger partial charge in [-0.3, -0.25) is 14.8 Å². The van der Waals surface area contributed by atoms with Crippen molar-refractivity contribution >= 4 is 35.4 Å². The van der Waals surface area contributed by atoms with E-state index in [1.54, 1.807) is 42.6 Å². The van der Waals surface area contributed by atoms with Crippen LogP contribution in [0.25, 0.3) is 22.9 Å². The first-order chi connectivity index (χ1) is 20.9. The highest BCUT2D eigenvalue weighted by Crippen LogP contribution is 2.25. The van der Waals surface area contributed by atoms with E-state index in [0.29, 0.717) is 34.1 Å². The summed E-state index contributed by atoms with van der Waals surface area (Å²) < 4.78 is 7.95. The van der Waals surface area contributed by atoms with Crippen LogP contribution in [0, 0.1) is 0 Å². The van der Waals surface area contributed by atoms with E-state index >= 15 is 0 Å². The number of halogens is 1. The second kappa shape index (κ2) is 13.5. The van der Waals surface area contributed by atoms with Crippen molar-refractivity contribution in [2.24, 2.45) is 0 Å². The summed E-state index contributed by atoms with van der Waals surface area (Å²) in [6.45, 7) is 2.72. The maximum atomic E-state index is 13.2. The van der Waals surface area contributed by atoms with E-state index in [2.05, 4.69) is 46.2 Å². The van der Waals surface area contributed by atoms with Gasteiger partial charge < -0.3 is 10.1 Å². The number of methoxy groups -OCH3 is 1. The first-order valence-corrected chi connectivity index (χ1v) is 13.6. The van der Waals surface area contributed by atoms with Crippen LogP contribution in [0.2, 0.25) is 5.02 Å². The van der Waals surface area contributed by atoms with Crippen LogP contribution in [0.3, 0.4) is 0 Å². The average Bonchev–Trinajstić information content (AvgIpc) is 3.73. The van der Waals surface area contributed by atoms with Crippen molar-refractivity contribution < 1.29 is 14.3 Å². The Hall–Kier alpha value is -5.43. The number of benzene rings is 2. The molecule has 0 saturated heterocycles. The van der Waals surface area contributed by atoms with Crippen molar-refractivity contribution in [3.8, 4) is 16.8 Å². The molecule has 0 spiro atoms. The number of hydrogen-bond acceptors (Lipinski definition) is 9. The number of hydrogen-bond donors (Lipinski definition) is 2. The molecule has 0 bridgehead atoms. The summed E-state index contributed by atoms with van der Waals surface area (Å²) in [7, 11) is 1.30. The summed E-state index contributed by atoms with van der Waals surface area (Å²) in [5, 5.41) is 30.6. The zero-order valence-electron chi connectivity index (χ0n) is 23.3. The zero-order chi connectivity index (χ0) is 30.2. The number of carbonyl (C=O) groups excluding carboxylic acids is 2. The molecule has 1 atom stereocenters. The topological polar surface area (TPSA) is 155 Å². The Morgan fingerprint density at radius 2 is 1.91 bits per heavy atom. The van der Waals surface area contributed by atoms with E-state index in [1.165, 1.54) is 24.2 Å². The molecule has 0 unspecified atom stereocenters. The minimum atomic E-state index is -0.555. The van der Waals surface area contributed by atoms with Gasteiger partial charge in [0.2, 0.25) is 5.91 Å². The molecule has 5 aromatic rings. The minimum Gasteiger partial charge on any atom is -0.453 e. The maximum Gasteiger partial charge on any atom is 0.411 e. The van der Waals surface area contributed by atoms with Crippen LogP contribution in [-0.2, 0) is 22.5 Å². The molecule has 0 aliphatic heterocycles. The summed E-state index contributed by atoms with van der Waals surface area (Å²) in [5.41, 5.74) is 4.88. The van der Waals surface area contributed by atoms with Gasteiger partial charge in [-0.05, 0) is 71.5 Å². The Balaban J connectivity index is 1.40. The van der Waals surface area contributed by atoms with Crippen LogP contribution in [0.4, 0.5) is 10.5 Å². The lowest BCUT2D eigenvalue weighted by Crippen LogP contribution is -2.29. The molecular formula is C29H27ClN10O3. The molecule has 3 heterocycles. The van der Waals surface area contributed by atoms with Gasteiger partial charge in [0, 0.05) is 47.1 Å². The smallest absolute Gasteiger partial charge is 0.411 e. The fraction of sp³-hybridized carbons (Fsp3) is 0.172. The maximum absolute atomic E-state index is 13.2. The third-order valence-electron chi connectivity index (χ3n) is 6.43. The lowest BCUT2D eigenvalue weighted by atomic mass is 10.0. The second-order valence-electron chi connectivity index (χ2n) is 9.28. The van der Waals surface area contributed by atoms with Crippen LogP contribution >= 0.6 is 11.6 Å². The highest BCUT2D eigenvalue weighted by atomic mass is 35.5. The minimum absolute atomic E-state index is 0.354. The molecule has 13 nitrogen and oxygen atoms in total. The molecule has 0 saturated carbocycles. The first-order valence-electron chi connectivity index (χ1n) is 13.2. The van der Waals surface area contributed by atoms with Gasteiger partial charge in [0.1, 0.15) is 6.33 Å². The third kappa shape index (κ3) is 7.45. The van der Waals surface area contributed by atoms with E-state index in [4.69, 9.17) is 11.6 Å². The van der Waals surface area contributed by atoms with Gasteiger partial charge in [0.15, 0.2) is 0 Å². The van der Waals surface area contributed by atoms with Crippen molar-refractivity contribution in [2.75, 3.05) is 12.4 Å². The number of amides is 2. The molecule has 0 aliphatic rings. The number of ether oxygens (including phenoxy) is 1. The molecule has 43 heavy (non-hydrogen) atoms. The summed E-state index contributed by atoms with van der Waals surface area (Å²) in [4.78, 5) is 24.8. The highest BCUT2D eigenvalue weighted by Gasteiger charge is 2.19. The molecule has 0 fully saturated rings. The van der Waals surface area contributed by atoms with Crippen LogP contribution in [0.1, 0.15) is 29.9 Å². The van der Waals surface area contributed by atoms with Gasteiger partial charge in [-0.25, -0.2) is 4.79 Å². The Kier molecular flexibility index (Phi) is 9.12. The van der Waals surface area contributed by atoms with E-state index < -0.39 is 12.1 Å². The Labute approximate surface area is 251 Å². The molecule has 2 aromatic carbocycles. The molecule has 0 radical (unpaired) electrons. The largest absolute Gasteiger partial charge is 0.453 e. The van der Waals surface area contributed by atoms with Crippen molar-refractivity contribution in [2.45, 2.75) is 25.9 Å². The molecule has 3 aromatic heterocycles. The number of carbonyl (C=O) groups is 2. The molecule has 218 valence electrons. The van der Waals surface area contributed by atoms with Crippen LogP contribution in [0.5, 0.6) is 0 Å². The lowest BCUT2D eigenvalue weighted by Gasteiger charge is -2.17. The monoisotopic (exact) mass is 598 g/mol. The van der Waals surface area contributed by atoms with Gasteiger partial charge in [-0.15, -0.1) is 5.10 Å². The number of nitrogens with one attached hydrogen (secondary N) is 2. The van der Waals surface area contributed by atoms with Gasteiger partial charge >= 0.3 is 6.09 Å². The normalized spacial score (nSPS) is 11.8. The number of anilines is 1. The molecule has 2 amide bonds. The Morgan fingerprint density at radius 3 is 2.63 bits per heavy atom. The molecule has 2 N–H and O–H groups in total. The first kappa shape index (κ1) is 29.1. The molecule has 0 aliphatic carbocycles. The fourth-order valence-corrected chi connectivity index (χ4v) is 4.46. The van der Waals surface area contributed by atoms with Crippen LogP contribution in [0.15, 0.2) is 79.4 Å². The number of rotatable bonds is 10. The molecular weight excluding hydrogens is 572 g/mol. The van der Waals surface area contributed by atoms with Crippen molar-refractivity contribution in [1.29, 1.82) is 0 Å². The molecule has 5 rings (SSSR count). The van der Waals surface area contributed by atoms with Gasteiger partial charge in [-0.1, -0.05) is 23.7 Å². The predicted octanol–water partition coefficient (Wildman–Crippen LogP) is 4.28. The highest BCUT2D eigenvalue weighted by molar-refractivity contribution is 6.30. The Morgan fingerprint density at radius 1 is 1.07 bits per heavy atom. The van der Waals surface area contributed by atoms with E-state index in [0.717, 1.165) is 23.4 Å². The quantitative estimate of drug-likeness (QED) is 0.224. The Bertz CT molecular complexity index is 1740. The van der Waals surface area contributed by atoms with E-state index in [1.807, 2.05) is 42.1 Å². The van der Waals surface area contributed by atoms with Crippen molar-refractivity contribution in [3.63, 3.8) is 0 Å². The third-order valence-corrected chi connectivity index (χ3v) is 6.66. The zero-order valence-corrected chi connectivity index (χ0v) is 24.0. The average molecular weight is 599 g/mol. The number of nitrogens with zero attached hydrogens (tertiary/aromatic N) is 8. The number of aromatic nitrogens is 8. The van der Waals surface area contributed by atoms with Gasteiger partial charge in [-0.2, -0.15) is 20.0 Å². The standard InChI is InChI=1S/C29H27ClN10O3/c1-3-39-13-12-24(36-39)16-25(26-15-21(17-31-35-26)19-4-8-23(9-5-19)33-29(42)43-2)34-28(41)11-6-20-14-22(30)7-10-27(20)40-18-32-37-38-40/h4-15,17-18,25H,3,16H2,1-2H3,(H,33,42)(H,34,41)/b11-6+/t25-/m0/s1. The number of aryl methyl sites for hydroxylation is 1. The van der Waals surface area contributed by atoms with E-state index in [9.17, 15) is 9.59 Å². The van der Waals surface area contributed by atoms with E-state index in [-0.39, 0.29) is 5.91 Å². The van der Waals surface area contributed by atoms with Crippen molar-refractivity contribution in [1.82, 2.24) is 45.5 Å². The SMILES string of the molecule is CCn1ccc(C[C@H](NC(=O)/C=C/c2cc(Cl)ccc2-n2cnnn2)c2cc(-c3ccc(NC(=O)OC)cc3)cnn2)n1. The lowest BCUT2D eigenvalue weighted by molar-refractivity contribution is -0.117. The summed E-state index contributed by atoms with van der Waals surface area (Å²) >= 11 is 6.22. The second-order valence-corrected chi connectivity index (χ2v) is 9.72. The summed E-state index contributed by atoms with van der Waals surface area (Å²) in [6.07, 6.45) is 7.88. The predicted molar refractivity (Wildman–Crippen MR) is 159 cm³/mol. The van der Waals surface area contributed by atoms with Gasteiger partial charge in [0.25, 0.3) is 0 Å². The van der Waals surface area contributed by atoms with Gasteiger partial charge in [0.05, 0.1) is 36.4 Å². The fourth-order valence-electron chi connectivity index (χ4n) is 4.28. The molecule has 14 heteroatoms. The summed E-state index contributed by atoms with van der Waals surface area (Å²) in [6, 6.07) is 15.7. The van der Waals surface area contributed by atoms with Crippen molar-refractivity contribution in [3.05, 3.63) is 101 Å². The summed E-state index contributed by atoms with van der Waals surface area (Å²) in [5.74, 6) is -0.354.